The second-order valence-electron chi connectivity index (χ2n) is 4.73. The van der Waals surface area contributed by atoms with Crippen molar-refractivity contribution in [2.45, 2.75) is 38.3 Å². The van der Waals surface area contributed by atoms with Crippen LogP contribution in [0, 0.1) is 17.0 Å². The summed E-state index contributed by atoms with van der Waals surface area (Å²) in [6.07, 6.45) is 3.23. The summed E-state index contributed by atoms with van der Waals surface area (Å²) in [5.74, 6) is 0. The standard InChI is InChI=1S/C13H18N2O3/c1-9-6-7-10(12(8-9)15(16)17)14-11-4-3-5-13(11)18-2/h6-8,11,13-14H,3-5H2,1-2H3. The number of benzene rings is 1. The van der Waals surface area contributed by atoms with Crippen LogP contribution < -0.4 is 5.32 Å². The lowest BCUT2D eigenvalue weighted by molar-refractivity contribution is -0.384. The van der Waals surface area contributed by atoms with Crippen molar-refractivity contribution in [1.29, 1.82) is 0 Å². The minimum Gasteiger partial charge on any atom is -0.379 e. The Morgan fingerprint density at radius 3 is 2.89 bits per heavy atom. The average molecular weight is 250 g/mol. The van der Waals surface area contributed by atoms with Gasteiger partial charge in [0.25, 0.3) is 5.69 Å². The van der Waals surface area contributed by atoms with Gasteiger partial charge in [-0.2, -0.15) is 0 Å². The van der Waals surface area contributed by atoms with Crippen LogP contribution in [0.15, 0.2) is 18.2 Å². The highest BCUT2D eigenvalue weighted by Crippen LogP contribution is 2.30. The van der Waals surface area contributed by atoms with Crippen LogP contribution in [0.1, 0.15) is 24.8 Å². The van der Waals surface area contributed by atoms with E-state index in [1.54, 1.807) is 19.2 Å². The summed E-state index contributed by atoms with van der Waals surface area (Å²) in [5.41, 5.74) is 1.61. The van der Waals surface area contributed by atoms with Crippen molar-refractivity contribution >= 4 is 11.4 Å². The number of nitro benzene ring substituents is 1. The zero-order valence-corrected chi connectivity index (χ0v) is 10.7. The van der Waals surface area contributed by atoms with E-state index in [2.05, 4.69) is 5.32 Å². The monoisotopic (exact) mass is 250 g/mol. The van der Waals surface area contributed by atoms with Crippen LogP contribution in [-0.4, -0.2) is 24.2 Å². The van der Waals surface area contributed by atoms with Gasteiger partial charge in [0.15, 0.2) is 0 Å². The van der Waals surface area contributed by atoms with E-state index < -0.39 is 0 Å². The van der Waals surface area contributed by atoms with Crippen molar-refractivity contribution in [3.8, 4) is 0 Å². The predicted octanol–water partition coefficient (Wildman–Crippen LogP) is 2.88. The summed E-state index contributed by atoms with van der Waals surface area (Å²) in [5, 5.41) is 14.3. The molecule has 1 aromatic carbocycles. The first kappa shape index (κ1) is 12.8. The molecular weight excluding hydrogens is 232 g/mol. The largest absolute Gasteiger partial charge is 0.379 e. The van der Waals surface area contributed by atoms with Gasteiger partial charge in [0, 0.05) is 13.2 Å². The second kappa shape index (κ2) is 5.35. The van der Waals surface area contributed by atoms with Crippen LogP contribution in [0.5, 0.6) is 0 Å². The molecule has 0 amide bonds. The van der Waals surface area contributed by atoms with Crippen LogP contribution in [0.3, 0.4) is 0 Å². The number of nitrogens with zero attached hydrogens (tertiary/aromatic N) is 1. The van der Waals surface area contributed by atoms with E-state index in [4.69, 9.17) is 4.74 Å². The lowest BCUT2D eigenvalue weighted by atomic mass is 10.1. The predicted molar refractivity (Wildman–Crippen MR) is 69.9 cm³/mol. The molecule has 18 heavy (non-hydrogen) atoms. The van der Waals surface area contributed by atoms with Gasteiger partial charge >= 0.3 is 0 Å². The first-order valence-electron chi connectivity index (χ1n) is 6.16. The van der Waals surface area contributed by atoms with Crippen molar-refractivity contribution in [1.82, 2.24) is 0 Å². The SMILES string of the molecule is COC1CCCC1Nc1ccc(C)cc1[N+](=O)[O-]. The van der Waals surface area contributed by atoms with Crippen molar-refractivity contribution in [2.24, 2.45) is 0 Å². The maximum Gasteiger partial charge on any atom is 0.292 e. The highest BCUT2D eigenvalue weighted by molar-refractivity contribution is 5.63. The molecule has 1 aliphatic carbocycles. The van der Waals surface area contributed by atoms with Gasteiger partial charge in [-0.15, -0.1) is 0 Å². The maximum absolute atomic E-state index is 11.0. The number of hydrogen-bond acceptors (Lipinski definition) is 4. The number of anilines is 1. The molecule has 0 saturated heterocycles. The van der Waals surface area contributed by atoms with Gasteiger partial charge < -0.3 is 10.1 Å². The van der Waals surface area contributed by atoms with Crippen LogP contribution in [-0.2, 0) is 4.74 Å². The fraction of sp³-hybridized carbons (Fsp3) is 0.538. The Labute approximate surface area is 106 Å². The Balaban J connectivity index is 2.20. The van der Waals surface area contributed by atoms with E-state index in [9.17, 15) is 10.1 Å². The molecule has 0 heterocycles. The van der Waals surface area contributed by atoms with Crippen molar-refractivity contribution < 1.29 is 9.66 Å². The summed E-state index contributed by atoms with van der Waals surface area (Å²) in [7, 11) is 1.69. The average Bonchev–Trinajstić information content (AvgIpc) is 2.78. The third kappa shape index (κ3) is 2.61. The highest BCUT2D eigenvalue weighted by atomic mass is 16.6. The van der Waals surface area contributed by atoms with Gasteiger partial charge in [-0.05, 0) is 37.8 Å². The van der Waals surface area contributed by atoms with Crippen LogP contribution in [0.25, 0.3) is 0 Å². The van der Waals surface area contributed by atoms with Crippen LogP contribution >= 0.6 is 0 Å². The van der Waals surface area contributed by atoms with Crippen LogP contribution in [0.4, 0.5) is 11.4 Å². The van der Waals surface area contributed by atoms with E-state index in [-0.39, 0.29) is 22.8 Å². The molecule has 2 unspecified atom stereocenters. The number of nitro groups is 1. The summed E-state index contributed by atoms with van der Waals surface area (Å²) >= 11 is 0. The zero-order valence-electron chi connectivity index (χ0n) is 10.7. The molecule has 1 N–H and O–H groups in total. The molecule has 2 rings (SSSR count). The molecule has 0 spiro atoms. The Bertz CT molecular complexity index is 448. The molecule has 1 fully saturated rings. The van der Waals surface area contributed by atoms with E-state index >= 15 is 0 Å². The minimum atomic E-state index is -0.341. The molecule has 0 bridgehead atoms. The smallest absolute Gasteiger partial charge is 0.292 e. The Kier molecular flexibility index (Phi) is 3.81. The van der Waals surface area contributed by atoms with E-state index in [0.717, 1.165) is 24.8 Å². The highest BCUT2D eigenvalue weighted by Gasteiger charge is 2.28. The molecule has 1 aromatic rings. The topological polar surface area (TPSA) is 64.4 Å². The number of aryl methyl sites for hydroxylation is 1. The number of ether oxygens (including phenoxy) is 1. The van der Waals surface area contributed by atoms with Gasteiger partial charge in [0.1, 0.15) is 5.69 Å². The van der Waals surface area contributed by atoms with Gasteiger partial charge in [-0.1, -0.05) is 6.07 Å². The first-order valence-corrected chi connectivity index (χ1v) is 6.16. The van der Waals surface area contributed by atoms with Crippen molar-refractivity contribution in [3.63, 3.8) is 0 Å². The Hall–Kier alpha value is -1.62. The van der Waals surface area contributed by atoms with Crippen LogP contribution in [0.2, 0.25) is 0 Å². The normalized spacial score (nSPS) is 23.0. The summed E-state index contributed by atoms with van der Waals surface area (Å²) < 4.78 is 5.39. The van der Waals surface area contributed by atoms with Crippen molar-refractivity contribution in [2.75, 3.05) is 12.4 Å². The third-order valence-electron chi connectivity index (χ3n) is 3.45. The first-order chi connectivity index (χ1) is 8.61. The molecule has 2 atom stereocenters. The molecule has 0 aromatic heterocycles. The summed E-state index contributed by atoms with van der Waals surface area (Å²) in [6, 6.07) is 5.42. The second-order valence-corrected chi connectivity index (χ2v) is 4.73. The minimum absolute atomic E-state index is 0.136. The van der Waals surface area contributed by atoms with Crippen molar-refractivity contribution in [3.05, 3.63) is 33.9 Å². The summed E-state index contributed by atoms with van der Waals surface area (Å²) in [4.78, 5) is 10.7. The third-order valence-corrected chi connectivity index (χ3v) is 3.45. The fourth-order valence-corrected chi connectivity index (χ4v) is 2.49. The molecule has 98 valence electrons. The lowest BCUT2D eigenvalue weighted by Gasteiger charge is -2.20. The van der Waals surface area contributed by atoms with Gasteiger partial charge in [0.2, 0.25) is 0 Å². The fourth-order valence-electron chi connectivity index (χ4n) is 2.49. The van der Waals surface area contributed by atoms with Gasteiger partial charge in [-0.3, -0.25) is 10.1 Å². The molecule has 0 radical (unpaired) electrons. The lowest BCUT2D eigenvalue weighted by Crippen LogP contribution is -2.29. The van der Waals surface area contributed by atoms with E-state index in [0.29, 0.717) is 5.69 Å². The number of hydrogen-bond donors (Lipinski definition) is 1. The maximum atomic E-state index is 11.0. The quantitative estimate of drug-likeness (QED) is 0.659. The van der Waals surface area contributed by atoms with Gasteiger partial charge in [-0.25, -0.2) is 0 Å². The molecule has 1 aliphatic rings. The Morgan fingerprint density at radius 1 is 1.44 bits per heavy atom. The number of methoxy groups -OCH3 is 1. The molecule has 1 saturated carbocycles. The van der Waals surface area contributed by atoms with E-state index in [1.807, 2.05) is 13.0 Å². The molecule has 5 nitrogen and oxygen atoms in total. The molecule has 0 aliphatic heterocycles. The van der Waals surface area contributed by atoms with Gasteiger partial charge in [0.05, 0.1) is 17.1 Å². The Morgan fingerprint density at radius 2 is 2.22 bits per heavy atom. The number of rotatable bonds is 4. The number of nitrogens with one attached hydrogen (secondary N) is 1. The zero-order chi connectivity index (χ0) is 13.1. The molecule has 5 heteroatoms. The summed E-state index contributed by atoms with van der Waals surface area (Å²) in [6.45, 7) is 1.85. The van der Waals surface area contributed by atoms with E-state index in [1.165, 1.54) is 0 Å². The molecular formula is C13H18N2O3.